The molecule has 9 heteroatoms. The van der Waals surface area contributed by atoms with Crippen LogP contribution in [0.25, 0.3) is 28.2 Å². The summed E-state index contributed by atoms with van der Waals surface area (Å²) < 4.78 is 6.94. The van der Waals surface area contributed by atoms with Gasteiger partial charge in [-0.15, -0.1) is 10.2 Å². The standard InChI is InChI=1S/C23H19N7O2/c1-14-25-28-22-11-10-19(29-30(14)22)15-6-8-17(9-7-15)24-23(31)21-13-20(26-27-21)16-4-3-5-18(12-16)32-2/h3-13H,1-2H3,(H,24,31)(H,26,27). The number of carbonyl (C=O) groups is 1. The maximum absolute atomic E-state index is 12.7. The number of nitrogens with zero attached hydrogens (tertiary/aromatic N) is 5. The van der Waals surface area contributed by atoms with Crippen LogP contribution in [0.4, 0.5) is 5.69 Å². The molecule has 3 heterocycles. The van der Waals surface area contributed by atoms with Crippen LogP contribution in [0.5, 0.6) is 5.75 Å². The maximum atomic E-state index is 12.7. The Labute approximate surface area is 183 Å². The lowest BCUT2D eigenvalue weighted by Crippen LogP contribution is -2.12. The van der Waals surface area contributed by atoms with E-state index in [2.05, 4.69) is 30.8 Å². The third-order valence-electron chi connectivity index (χ3n) is 5.05. The first-order chi connectivity index (χ1) is 15.6. The van der Waals surface area contributed by atoms with Gasteiger partial charge in [-0.05, 0) is 49.4 Å². The van der Waals surface area contributed by atoms with Gasteiger partial charge in [0, 0.05) is 16.8 Å². The molecule has 2 N–H and O–H groups in total. The van der Waals surface area contributed by atoms with Gasteiger partial charge in [-0.3, -0.25) is 9.89 Å². The van der Waals surface area contributed by atoms with Gasteiger partial charge in [0.25, 0.3) is 5.91 Å². The topological polar surface area (TPSA) is 110 Å². The highest BCUT2D eigenvalue weighted by atomic mass is 16.5. The Morgan fingerprint density at radius 1 is 0.969 bits per heavy atom. The third kappa shape index (κ3) is 3.67. The number of carbonyl (C=O) groups excluding carboxylic acids is 1. The molecule has 158 valence electrons. The fourth-order valence-corrected chi connectivity index (χ4v) is 3.34. The molecule has 0 aliphatic heterocycles. The van der Waals surface area contributed by atoms with Crippen molar-refractivity contribution in [3.8, 4) is 28.3 Å². The average Bonchev–Trinajstić information content (AvgIpc) is 3.47. The monoisotopic (exact) mass is 425 g/mol. The maximum Gasteiger partial charge on any atom is 0.273 e. The number of methoxy groups -OCH3 is 1. The summed E-state index contributed by atoms with van der Waals surface area (Å²) in [5.74, 6) is 1.17. The van der Waals surface area contributed by atoms with Crippen LogP contribution >= 0.6 is 0 Å². The number of hydrogen-bond donors (Lipinski definition) is 2. The number of nitrogens with one attached hydrogen (secondary N) is 2. The Bertz CT molecular complexity index is 1420. The molecule has 0 bridgehead atoms. The molecule has 0 aliphatic carbocycles. The van der Waals surface area contributed by atoms with Gasteiger partial charge in [0.15, 0.2) is 11.5 Å². The molecule has 0 unspecified atom stereocenters. The molecule has 0 atom stereocenters. The first kappa shape index (κ1) is 19.4. The van der Waals surface area contributed by atoms with E-state index in [0.29, 0.717) is 22.7 Å². The summed E-state index contributed by atoms with van der Waals surface area (Å²) in [4.78, 5) is 12.7. The summed E-state index contributed by atoms with van der Waals surface area (Å²) in [7, 11) is 1.61. The highest BCUT2D eigenvalue weighted by Gasteiger charge is 2.12. The fourth-order valence-electron chi connectivity index (χ4n) is 3.34. The molecule has 5 aromatic rings. The highest BCUT2D eigenvalue weighted by Crippen LogP contribution is 2.24. The molecule has 0 fully saturated rings. The Morgan fingerprint density at radius 3 is 2.62 bits per heavy atom. The minimum atomic E-state index is -0.279. The smallest absolute Gasteiger partial charge is 0.273 e. The van der Waals surface area contributed by atoms with E-state index in [1.807, 2.05) is 67.6 Å². The van der Waals surface area contributed by atoms with E-state index >= 15 is 0 Å². The van der Waals surface area contributed by atoms with Gasteiger partial charge in [-0.1, -0.05) is 24.3 Å². The van der Waals surface area contributed by atoms with Gasteiger partial charge in [-0.2, -0.15) is 14.7 Å². The van der Waals surface area contributed by atoms with Crippen LogP contribution in [0.2, 0.25) is 0 Å². The quantitative estimate of drug-likeness (QED) is 0.444. The van der Waals surface area contributed by atoms with Crippen molar-refractivity contribution in [1.82, 2.24) is 30.0 Å². The molecule has 0 aliphatic rings. The lowest BCUT2D eigenvalue weighted by Gasteiger charge is -2.06. The van der Waals surface area contributed by atoms with Crippen molar-refractivity contribution in [3.05, 3.63) is 78.2 Å². The molecule has 32 heavy (non-hydrogen) atoms. The van der Waals surface area contributed by atoms with Gasteiger partial charge in [0.05, 0.1) is 18.5 Å². The van der Waals surface area contributed by atoms with Gasteiger partial charge < -0.3 is 10.1 Å². The van der Waals surface area contributed by atoms with Gasteiger partial charge >= 0.3 is 0 Å². The first-order valence-corrected chi connectivity index (χ1v) is 9.91. The zero-order chi connectivity index (χ0) is 22.1. The number of hydrogen-bond acceptors (Lipinski definition) is 6. The summed E-state index contributed by atoms with van der Waals surface area (Å²) in [6.45, 7) is 1.85. The van der Waals surface area contributed by atoms with Gasteiger partial charge in [0.2, 0.25) is 0 Å². The predicted octanol–water partition coefficient (Wildman–Crippen LogP) is 3.75. The van der Waals surface area contributed by atoms with Crippen LogP contribution in [0, 0.1) is 6.92 Å². The second-order valence-electron chi connectivity index (χ2n) is 7.17. The molecule has 0 saturated carbocycles. The molecule has 0 radical (unpaired) electrons. The van der Waals surface area contributed by atoms with E-state index in [4.69, 9.17) is 4.74 Å². The number of amides is 1. The van der Waals surface area contributed by atoms with Crippen molar-refractivity contribution >= 4 is 17.2 Å². The van der Waals surface area contributed by atoms with E-state index in [9.17, 15) is 4.79 Å². The molecule has 1 amide bonds. The van der Waals surface area contributed by atoms with Crippen LogP contribution in [0.15, 0.2) is 66.7 Å². The second-order valence-corrected chi connectivity index (χ2v) is 7.17. The zero-order valence-electron chi connectivity index (χ0n) is 17.4. The van der Waals surface area contributed by atoms with Gasteiger partial charge in [0.1, 0.15) is 11.4 Å². The van der Waals surface area contributed by atoms with Crippen molar-refractivity contribution in [1.29, 1.82) is 0 Å². The lowest BCUT2D eigenvalue weighted by atomic mass is 10.1. The number of benzene rings is 2. The summed E-state index contributed by atoms with van der Waals surface area (Å²) in [5, 5.41) is 22.6. The lowest BCUT2D eigenvalue weighted by molar-refractivity contribution is 0.102. The summed E-state index contributed by atoms with van der Waals surface area (Å²) >= 11 is 0. The SMILES string of the molecule is COc1cccc(-c2cc(C(=O)Nc3ccc(-c4ccc5nnc(C)n5n4)cc3)[nH]n2)c1. The molecule has 3 aromatic heterocycles. The second kappa shape index (κ2) is 7.95. The Morgan fingerprint density at radius 2 is 1.81 bits per heavy atom. The Kier molecular flexibility index (Phi) is 4.83. The molecule has 5 rings (SSSR count). The van der Waals surface area contributed by atoms with Crippen LogP contribution in [-0.4, -0.2) is 43.0 Å². The minimum absolute atomic E-state index is 0.279. The zero-order valence-corrected chi connectivity index (χ0v) is 17.4. The van der Waals surface area contributed by atoms with Gasteiger partial charge in [-0.25, -0.2) is 0 Å². The van der Waals surface area contributed by atoms with E-state index in [0.717, 1.165) is 28.4 Å². The molecule has 2 aromatic carbocycles. The number of fused-ring (bicyclic) bond motifs is 1. The molecular weight excluding hydrogens is 406 g/mol. The fraction of sp³-hybridized carbons (Fsp3) is 0.0870. The molecule has 9 nitrogen and oxygen atoms in total. The summed E-state index contributed by atoms with van der Waals surface area (Å²) in [5.41, 5.74) is 4.95. The van der Waals surface area contributed by atoms with Crippen molar-refractivity contribution in [2.75, 3.05) is 12.4 Å². The summed E-state index contributed by atoms with van der Waals surface area (Å²) in [6, 6.07) is 20.4. The number of aromatic amines is 1. The van der Waals surface area contributed by atoms with E-state index in [-0.39, 0.29) is 5.91 Å². The predicted molar refractivity (Wildman–Crippen MR) is 119 cm³/mol. The Hall–Kier alpha value is -4.53. The van der Waals surface area contributed by atoms with E-state index in [1.54, 1.807) is 17.7 Å². The number of aryl methyl sites for hydroxylation is 1. The number of anilines is 1. The van der Waals surface area contributed by atoms with Crippen LogP contribution in [0.1, 0.15) is 16.3 Å². The number of ether oxygens (including phenoxy) is 1. The van der Waals surface area contributed by atoms with Crippen LogP contribution in [-0.2, 0) is 0 Å². The molecule has 0 saturated heterocycles. The molecular formula is C23H19N7O2. The van der Waals surface area contributed by atoms with Crippen LogP contribution in [0.3, 0.4) is 0 Å². The summed E-state index contributed by atoms with van der Waals surface area (Å²) in [6.07, 6.45) is 0. The third-order valence-corrected chi connectivity index (χ3v) is 5.05. The molecule has 0 spiro atoms. The Balaban J connectivity index is 1.31. The largest absolute Gasteiger partial charge is 0.497 e. The number of rotatable bonds is 5. The highest BCUT2D eigenvalue weighted by molar-refractivity contribution is 6.03. The average molecular weight is 425 g/mol. The minimum Gasteiger partial charge on any atom is -0.497 e. The number of H-pyrrole nitrogens is 1. The van der Waals surface area contributed by atoms with Crippen molar-refractivity contribution in [2.24, 2.45) is 0 Å². The van der Waals surface area contributed by atoms with Crippen molar-refractivity contribution in [2.45, 2.75) is 6.92 Å². The van der Waals surface area contributed by atoms with Crippen molar-refractivity contribution < 1.29 is 9.53 Å². The van der Waals surface area contributed by atoms with Crippen LogP contribution < -0.4 is 10.1 Å². The normalized spacial score (nSPS) is 10.9. The van der Waals surface area contributed by atoms with Crippen molar-refractivity contribution in [3.63, 3.8) is 0 Å². The first-order valence-electron chi connectivity index (χ1n) is 9.91. The van der Waals surface area contributed by atoms with E-state index < -0.39 is 0 Å². The number of aromatic nitrogens is 6. The van der Waals surface area contributed by atoms with E-state index in [1.165, 1.54) is 0 Å².